The molecule has 1 atom stereocenters. The van der Waals surface area contributed by atoms with E-state index in [9.17, 15) is 9.90 Å². The predicted molar refractivity (Wildman–Crippen MR) is 67.6 cm³/mol. The van der Waals surface area contributed by atoms with Crippen LogP contribution in [0.2, 0.25) is 0 Å². The molecule has 0 spiro atoms. The Morgan fingerprint density at radius 3 is 2.84 bits per heavy atom. The first kappa shape index (κ1) is 13.3. The number of hydrogen-bond acceptors (Lipinski definition) is 5. The molecule has 1 N–H and O–H groups in total. The average molecular weight is 261 g/mol. The minimum absolute atomic E-state index is 0.122. The highest BCUT2D eigenvalue weighted by Gasteiger charge is 2.16. The number of benzene rings is 1. The molecule has 2 rings (SSSR count). The number of nitrogens with zero attached hydrogens (tertiary/aromatic N) is 1. The van der Waals surface area contributed by atoms with Crippen LogP contribution in [0, 0.1) is 0 Å². The van der Waals surface area contributed by atoms with Crippen molar-refractivity contribution in [3.05, 3.63) is 53.7 Å². The van der Waals surface area contributed by atoms with Crippen LogP contribution in [0.3, 0.4) is 0 Å². The number of carbonyl (C=O) groups is 1. The Morgan fingerprint density at radius 1 is 1.42 bits per heavy atom. The van der Waals surface area contributed by atoms with E-state index in [0.717, 1.165) is 5.56 Å². The van der Waals surface area contributed by atoms with Crippen molar-refractivity contribution in [2.45, 2.75) is 19.4 Å². The van der Waals surface area contributed by atoms with Gasteiger partial charge in [0.15, 0.2) is 11.6 Å². The van der Waals surface area contributed by atoms with E-state index in [1.165, 1.54) is 6.26 Å². The molecule has 0 radical (unpaired) electrons. The lowest BCUT2D eigenvalue weighted by Crippen LogP contribution is -2.06. The van der Waals surface area contributed by atoms with E-state index in [-0.39, 0.29) is 18.7 Å². The summed E-state index contributed by atoms with van der Waals surface area (Å²) in [5.74, 6) is -0.217. The number of carbonyl (C=O) groups excluding carboxylic acids is 1. The molecule has 19 heavy (non-hydrogen) atoms. The van der Waals surface area contributed by atoms with Gasteiger partial charge < -0.3 is 14.3 Å². The summed E-state index contributed by atoms with van der Waals surface area (Å²) in [6, 6.07) is 9.20. The van der Waals surface area contributed by atoms with Gasteiger partial charge in [-0.25, -0.2) is 9.78 Å². The minimum atomic E-state index is -0.713. The van der Waals surface area contributed by atoms with Crippen LogP contribution in [0.15, 0.2) is 41.0 Å². The lowest BCUT2D eigenvalue weighted by Gasteiger charge is -2.07. The van der Waals surface area contributed by atoms with Crippen LogP contribution < -0.4 is 0 Å². The van der Waals surface area contributed by atoms with E-state index in [4.69, 9.17) is 9.15 Å². The number of aliphatic hydroxyl groups is 1. The van der Waals surface area contributed by atoms with Crippen molar-refractivity contribution < 1.29 is 19.1 Å². The van der Waals surface area contributed by atoms with E-state index < -0.39 is 12.1 Å². The Morgan fingerprint density at radius 2 is 2.16 bits per heavy atom. The number of aromatic nitrogens is 1. The Labute approximate surface area is 110 Å². The Hall–Kier alpha value is -2.14. The van der Waals surface area contributed by atoms with Crippen molar-refractivity contribution in [3.63, 3.8) is 0 Å². The van der Waals surface area contributed by atoms with Gasteiger partial charge in [0.25, 0.3) is 0 Å². The van der Waals surface area contributed by atoms with Crippen molar-refractivity contribution >= 4 is 5.97 Å². The second-order valence-corrected chi connectivity index (χ2v) is 3.98. The van der Waals surface area contributed by atoms with E-state index in [1.807, 2.05) is 30.3 Å². The van der Waals surface area contributed by atoms with Gasteiger partial charge in [-0.2, -0.15) is 0 Å². The molecular formula is C14H15NO4. The molecular weight excluding hydrogens is 246 g/mol. The minimum Gasteiger partial charge on any atom is -0.461 e. The van der Waals surface area contributed by atoms with Gasteiger partial charge in [-0.3, -0.25) is 0 Å². The summed E-state index contributed by atoms with van der Waals surface area (Å²) in [6.45, 7) is 2.01. The second kappa shape index (κ2) is 6.15. The summed E-state index contributed by atoms with van der Waals surface area (Å²) in [4.78, 5) is 15.4. The molecule has 1 aromatic carbocycles. The highest BCUT2D eigenvalue weighted by Crippen LogP contribution is 2.17. The van der Waals surface area contributed by atoms with Gasteiger partial charge in [-0.1, -0.05) is 30.3 Å². The Bertz CT molecular complexity index is 535. The molecule has 1 unspecified atom stereocenters. The normalized spacial score (nSPS) is 12.1. The fourth-order valence-electron chi connectivity index (χ4n) is 1.66. The van der Waals surface area contributed by atoms with E-state index in [1.54, 1.807) is 6.92 Å². The summed E-state index contributed by atoms with van der Waals surface area (Å²) in [5.41, 5.74) is 0.899. The molecule has 0 aliphatic heterocycles. The lowest BCUT2D eigenvalue weighted by atomic mass is 10.1. The van der Waals surface area contributed by atoms with Crippen LogP contribution in [0.4, 0.5) is 0 Å². The first-order chi connectivity index (χ1) is 9.20. The Kier molecular flexibility index (Phi) is 4.30. The molecule has 0 saturated heterocycles. The van der Waals surface area contributed by atoms with Crippen molar-refractivity contribution in [2.75, 3.05) is 6.61 Å². The van der Waals surface area contributed by atoms with Crippen molar-refractivity contribution in [2.24, 2.45) is 0 Å². The smallest absolute Gasteiger partial charge is 0.360 e. The zero-order valence-corrected chi connectivity index (χ0v) is 10.6. The number of oxazole rings is 1. The Balaban J connectivity index is 2.02. The molecule has 0 bridgehead atoms. The summed E-state index contributed by atoms with van der Waals surface area (Å²) in [7, 11) is 0. The fourth-order valence-corrected chi connectivity index (χ4v) is 1.66. The molecule has 5 nitrogen and oxygen atoms in total. The summed E-state index contributed by atoms with van der Waals surface area (Å²) in [5, 5.41) is 10.0. The summed E-state index contributed by atoms with van der Waals surface area (Å²) < 4.78 is 9.96. The quantitative estimate of drug-likeness (QED) is 0.835. The standard InChI is InChI=1S/C14H15NO4/c1-2-18-14(17)11-9-19-13(15-11)8-12(16)10-6-4-3-5-7-10/h3-7,9,12,16H,2,8H2,1H3. The topological polar surface area (TPSA) is 72.6 Å². The highest BCUT2D eigenvalue weighted by molar-refractivity contribution is 5.86. The van der Waals surface area contributed by atoms with Crippen LogP contribution in [0.5, 0.6) is 0 Å². The maximum absolute atomic E-state index is 11.4. The van der Waals surface area contributed by atoms with Gasteiger partial charge in [-0.15, -0.1) is 0 Å². The van der Waals surface area contributed by atoms with Gasteiger partial charge >= 0.3 is 5.97 Å². The average Bonchev–Trinajstić information content (AvgIpc) is 2.88. The van der Waals surface area contributed by atoms with Crippen LogP contribution in [0.1, 0.15) is 35.0 Å². The molecule has 0 aliphatic rings. The van der Waals surface area contributed by atoms with Gasteiger partial charge in [0, 0.05) is 0 Å². The third kappa shape index (κ3) is 3.42. The lowest BCUT2D eigenvalue weighted by molar-refractivity contribution is 0.0519. The van der Waals surface area contributed by atoms with Gasteiger partial charge in [-0.05, 0) is 12.5 Å². The number of esters is 1. The van der Waals surface area contributed by atoms with Crippen LogP contribution in [0.25, 0.3) is 0 Å². The SMILES string of the molecule is CCOC(=O)c1coc(CC(O)c2ccccc2)n1. The maximum Gasteiger partial charge on any atom is 0.360 e. The first-order valence-electron chi connectivity index (χ1n) is 6.05. The van der Waals surface area contributed by atoms with Crippen molar-refractivity contribution in [1.82, 2.24) is 4.98 Å². The number of hydrogen-bond donors (Lipinski definition) is 1. The molecule has 0 aliphatic carbocycles. The van der Waals surface area contributed by atoms with Crippen LogP contribution in [-0.2, 0) is 11.2 Å². The summed E-state index contributed by atoms with van der Waals surface area (Å²) in [6.07, 6.45) is 0.740. The first-order valence-corrected chi connectivity index (χ1v) is 6.05. The molecule has 1 heterocycles. The zero-order chi connectivity index (χ0) is 13.7. The highest BCUT2D eigenvalue weighted by atomic mass is 16.5. The fraction of sp³-hybridized carbons (Fsp3) is 0.286. The predicted octanol–water partition coefficient (Wildman–Crippen LogP) is 2.13. The monoisotopic (exact) mass is 261 g/mol. The molecule has 5 heteroatoms. The maximum atomic E-state index is 11.4. The largest absolute Gasteiger partial charge is 0.461 e. The van der Waals surface area contributed by atoms with Gasteiger partial charge in [0.05, 0.1) is 19.1 Å². The van der Waals surface area contributed by atoms with E-state index in [0.29, 0.717) is 5.89 Å². The van der Waals surface area contributed by atoms with Gasteiger partial charge in [0.2, 0.25) is 0 Å². The summed E-state index contributed by atoms with van der Waals surface area (Å²) >= 11 is 0. The number of rotatable bonds is 5. The number of ether oxygens (including phenoxy) is 1. The van der Waals surface area contributed by atoms with Crippen LogP contribution >= 0.6 is 0 Å². The van der Waals surface area contributed by atoms with E-state index in [2.05, 4.69) is 4.98 Å². The van der Waals surface area contributed by atoms with E-state index >= 15 is 0 Å². The molecule has 0 fully saturated rings. The molecule has 1 aromatic heterocycles. The van der Waals surface area contributed by atoms with Crippen LogP contribution in [-0.4, -0.2) is 22.7 Å². The third-order valence-electron chi connectivity index (χ3n) is 2.59. The molecule has 2 aromatic rings. The second-order valence-electron chi connectivity index (χ2n) is 3.98. The third-order valence-corrected chi connectivity index (χ3v) is 2.59. The van der Waals surface area contributed by atoms with Crippen molar-refractivity contribution in [1.29, 1.82) is 0 Å². The zero-order valence-electron chi connectivity index (χ0n) is 10.6. The number of aliphatic hydroxyl groups excluding tert-OH is 1. The van der Waals surface area contributed by atoms with Crippen molar-refractivity contribution in [3.8, 4) is 0 Å². The van der Waals surface area contributed by atoms with Gasteiger partial charge in [0.1, 0.15) is 6.26 Å². The molecule has 0 saturated carbocycles. The molecule has 100 valence electrons. The molecule has 0 amide bonds.